The van der Waals surface area contributed by atoms with Crippen LogP contribution >= 0.6 is 0 Å². The van der Waals surface area contributed by atoms with E-state index in [1.807, 2.05) is 0 Å². The number of hydrogen-bond acceptors (Lipinski definition) is 7. The van der Waals surface area contributed by atoms with Crippen molar-refractivity contribution in [1.29, 1.82) is 0 Å². The standard InChI is InChI=1S/CH2O3.Ce.Na.H2O4Si/c2-1(3)4;;;1-5(2,3)4/h(H2,2,3,4);;;1-2H/q;+3;+1;-2/p-2. The maximum Gasteiger partial charge on any atom is 3.00 e. The second-order valence-electron chi connectivity index (χ2n) is 0.798. The Balaban J connectivity index is -0.0000000383. The quantitative estimate of drug-likeness (QED) is 0.421. The van der Waals surface area contributed by atoms with E-state index in [1.54, 1.807) is 0 Å². The van der Waals surface area contributed by atoms with E-state index in [4.69, 9.17) is 34.2 Å². The van der Waals surface area contributed by atoms with Crippen LogP contribution in [0.2, 0.25) is 0 Å². The van der Waals surface area contributed by atoms with Gasteiger partial charge >= 0.3 is 71.3 Å². The van der Waals surface area contributed by atoms with Crippen LogP contribution in [-0.2, 0) is 0 Å². The van der Waals surface area contributed by atoms with Gasteiger partial charge in [0.05, 0.1) is 0 Å². The van der Waals surface area contributed by atoms with E-state index in [0.717, 1.165) is 0 Å². The summed E-state index contributed by atoms with van der Waals surface area (Å²) in [5.41, 5.74) is 0. The Kier molecular flexibility index (Phi) is 24.4. The summed E-state index contributed by atoms with van der Waals surface area (Å²) in [6, 6.07) is 0. The molecule has 0 saturated carbocycles. The molecule has 0 bridgehead atoms. The molecule has 0 fully saturated rings. The molecule has 0 heterocycles. The number of carbonyl (C=O) groups excluding carboxylic acids is 1. The Hall–Kier alpha value is 1.70. The maximum atomic E-state index is 8.80. The van der Waals surface area contributed by atoms with E-state index in [2.05, 4.69) is 0 Å². The van der Waals surface area contributed by atoms with Crippen molar-refractivity contribution in [2.45, 2.75) is 0 Å². The number of carbonyl (C=O) groups is 1. The molecule has 1 radical (unpaired) electrons. The molecule has 57 valence electrons. The van der Waals surface area contributed by atoms with Crippen LogP contribution in [0.1, 0.15) is 0 Å². The first-order valence-electron chi connectivity index (χ1n) is 1.47. The molecule has 10 heteroatoms. The van der Waals surface area contributed by atoms with E-state index in [0.29, 0.717) is 0 Å². The molecule has 0 aromatic heterocycles. The number of hydrogen-bond donors (Lipinski definition) is 2. The SMILES string of the molecule is O=C([O-])[O-].[Ce+3].[Na+].[O-][Si]([O-])(O)O. The summed E-state index contributed by atoms with van der Waals surface area (Å²) in [4.78, 5) is 40.1. The van der Waals surface area contributed by atoms with Crippen LogP contribution in [0.5, 0.6) is 0 Å². The zero-order valence-corrected chi connectivity index (χ0v) is 11.6. The summed E-state index contributed by atoms with van der Waals surface area (Å²) >= 11 is 0. The van der Waals surface area contributed by atoms with E-state index in [-0.39, 0.29) is 71.3 Å². The first kappa shape index (κ1) is 23.0. The van der Waals surface area contributed by atoms with Crippen molar-refractivity contribution in [2.24, 2.45) is 0 Å². The Morgan fingerprint density at radius 2 is 1.18 bits per heavy atom. The van der Waals surface area contributed by atoms with Gasteiger partial charge in [0, 0.05) is 0 Å². The molecule has 0 spiro atoms. The third-order valence-electron chi connectivity index (χ3n) is 0. The molecule has 0 rings (SSSR count). The van der Waals surface area contributed by atoms with Gasteiger partial charge in [0.15, 0.2) is 0 Å². The summed E-state index contributed by atoms with van der Waals surface area (Å²) in [5, 5.41) is 16.7. The molecule has 0 aliphatic carbocycles. The molecule has 0 aromatic rings. The van der Waals surface area contributed by atoms with Gasteiger partial charge in [0.1, 0.15) is 9.05 Å². The molecule has 0 unspecified atom stereocenters. The summed E-state index contributed by atoms with van der Waals surface area (Å²) < 4.78 is 0. The van der Waals surface area contributed by atoms with Gasteiger partial charge in [0.25, 0.3) is 0 Å². The summed E-state index contributed by atoms with van der Waals surface area (Å²) in [5.74, 6) is 0. The molecule has 0 aromatic carbocycles. The van der Waals surface area contributed by atoms with Gasteiger partial charge in [-0.05, 0) is 6.16 Å². The van der Waals surface area contributed by atoms with Crippen molar-refractivity contribution in [3.63, 3.8) is 0 Å². The van der Waals surface area contributed by atoms with Crippen molar-refractivity contribution in [3.8, 4) is 0 Å². The van der Waals surface area contributed by atoms with E-state index < -0.39 is 15.2 Å². The molecule has 7 nitrogen and oxygen atoms in total. The fourth-order valence-electron chi connectivity index (χ4n) is 0. The van der Waals surface area contributed by atoms with Crippen molar-refractivity contribution < 1.29 is 105 Å². The van der Waals surface area contributed by atoms with E-state index >= 15 is 0 Å². The number of carboxylic acid groups (broad SMARTS) is 2. The Morgan fingerprint density at radius 1 is 1.18 bits per heavy atom. The average molecular weight is 317 g/mol. The van der Waals surface area contributed by atoms with Crippen molar-refractivity contribution in [2.75, 3.05) is 0 Å². The zero-order chi connectivity index (χ0) is 8.08. The first-order valence-corrected chi connectivity index (χ1v) is 3.18. The number of rotatable bonds is 0. The van der Waals surface area contributed by atoms with Gasteiger partial charge in [-0.25, -0.2) is 0 Å². The fraction of sp³-hybridized carbons (Fsp3) is 0. The van der Waals surface area contributed by atoms with E-state index in [9.17, 15) is 0 Å². The third-order valence-corrected chi connectivity index (χ3v) is 0. The van der Waals surface area contributed by atoms with E-state index in [1.165, 1.54) is 0 Å². The Labute approximate surface area is 119 Å². The average Bonchev–Trinajstić information content (AvgIpc) is 1.19. The third kappa shape index (κ3) is 380. The van der Waals surface area contributed by atoms with Crippen LogP contribution in [0.3, 0.4) is 0 Å². The van der Waals surface area contributed by atoms with Crippen LogP contribution in [0.15, 0.2) is 0 Å². The van der Waals surface area contributed by atoms with Crippen LogP contribution in [0, 0.1) is 41.7 Å². The summed E-state index contributed by atoms with van der Waals surface area (Å²) in [6.07, 6.45) is -2.33. The second-order valence-corrected chi connectivity index (χ2v) is 1.90. The fourth-order valence-corrected chi connectivity index (χ4v) is 0. The van der Waals surface area contributed by atoms with Gasteiger partial charge in [-0.1, -0.05) is 0 Å². The minimum absolute atomic E-state index is 0. The first-order chi connectivity index (χ1) is 3.73. The van der Waals surface area contributed by atoms with Crippen LogP contribution in [0.4, 0.5) is 4.79 Å². The molecule has 0 aliphatic rings. The molecular formula is CH2CeNaO7Si. The van der Waals surface area contributed by atoms with Crippen LogP contribution in [0.25, 0.3) is 0 Å². The van der Waals surface area contributed by atoms with Crippen LogP contribution < -0.4 is 49.4 Å². The second kappa shape index (κ2) is 11.7. The Bertz CT molecular complexity index is 80.9. The van der Waals surface area contributed by atoms with Crippen molar-refractivity contribution >= 4 is 15.2 Å². The predicted octanol–water partition coefficient (Wildman–Crippen LogP) is -9.32. The molecule has 0 aliphatic heterocycles. The summed E-state index contributed by atoms with van der Waals surface area (Å²) in [7, 11) is -5.11. The van der Waals surface area contributed by atoms with Gasteiger partial charge in [-0.2, -0.15) is 0 Å². The maximum absolute atomic E-state index is 8.80. The largest absolute Gasteiger partial charge is 3.00 e. The topological polar surface area (TPSA) is 150 Å². The van der Waals surface area contributed by atoms with Crippen molar-refractivity contribution in [3.05, 3.63) is 0 Å². The van der Waals surface area contributed by atoms with Gasteiger partial charge in [-0.15, -0.1) is 0 Å². The summed E-state index contributed by atoms with van der Waals surface area (Å²) in [6.45, 7) is 0. The van der Waals surface area contributed by atoms with Gasteiger partial charge in [-0.3, -0.25) is 0 Å². The van der Waals surface area contributed by atoms with Gasteiger partial charge < -0.3 is 34.2 Å². The smallest absolute Gasteiger partial charge is 0.828 e. The van der Waals surface area contributed by atoms with Crippen molar-refractivity contribution in [1.82, 2.24) is 0 Å². The predicted molar refractivity (Wildman–Crippen MR) is 15.6 cm³/mol. The monoisotopic (exact) mass is 317 g/mol. The minimum Gasteiger partial charge on any atom is -0.828 e. The molecule has 2 N–H and O–H groups in total. The van der Waals surface area contributed by atoms with Crippen LogP contribution in [-0.4, -0.2) is 24.8 Å². The molecule has 11 heavy (non-hydrogen) atoms. The molecular weight excluding hydrogens is 315 g/mol. The minimum atomic E-state index is -5.11. The molecule has 0 saturated heterocycles. The molecule has 0 atom stereocenters. The normalized spacial score (nSPS) is 7.64. The molecule has 0 amide bonds. The van der Waals surface area contributed by atoms with Gasteiger partial charge in [0.2, 0.25) is 0 Å². The Morgan fingerprint density at radius 3 is 1.18 bits per heavy atom. The zero-order valence-electron chi connectivity index (χ0n) is 5.44.